The first-order valence-corrected chi connectivity index (χ1v) is 4.98. The number of aliphatic hydroxyl groups is 1. The summed E-state index contributed by atoms with van der Waals surface area (Å²) in [7, 11) is 0. The molecule has 2 nitrogen and oxygen atoms in total. The second-order valence-electron chi connectivity index (χ2n) is 5.46. The van der Waals surface area contributed by atoms with Crippen molar-refractivity contribution in [1.29, 1.82) is 0 Å². The summed E-state index contributed by atoms with van der Waals surface area (Å²) in [5.41, 5.74) is 0.304. The zero-order chi connectivity index (χ0) is 7.83. The molecule has 2 bridgehead atoms. The van der Waals surface area contributed by atoms with Crippen molar-refractivity contribution in [3.63, 3.8) is 0 Å². The highest BCUT2D eigenvalue weighted by Crippen LogP contribution is 2.98. The van der Waals surface area contributed by atoms with Crippen molar-refractivity contribution in [3.05, 3.63) is 0 Å². The molecule has 6 aliphatic carbocycles. The third-order valence-corrected chi connectivity index (χ3v) is 5.81. The zero-order valence-electron chi connectivity index (χ0n) is 6.60. The predicted octanol–water partition coefficient (Wildman–Crippen LogP) is -0.0844. The van der Waals surface area contributed by atoms with E-state index in [1.807, 2.05) is 0 Å². The molecule has 1 N–H and O–H groups in total. The number of hydrogen-bond acceptors (Lipinski definition) is 2. The van der Waals surface area contributed by atoms with Crippen LogP contribution < -0.4 is 0 Å². The molecule has 0 aromatic heterocycles. The van der Waals surface area contributed by atoms with E-state index in [4.69, 9.17) is 0 Å². The minimum Gasteiger partial charge on any atom is -0.396 e. The maximum Gasteiger partial charge on any atom is 0.140 e. The smallest absolute Gasteiger partial charge is 0.140 e. The summed E-state index contributed by atoms with van der Waals surface area (Å²) in [5.74, 6) is 5.06. The van der Waals surface area contributed by atoms with Gasteiger partial charge in [0.05, 0.1) is 0 Å². The van der Waals surface area contributed by atoms with Gasteiger partial charge in [-0.25, -0.2) is 0 Å². The lowest BCUT2D eigenvalue weighted by Crippen LogP contribution is -2.15. The summed E-state index contributed by atoms with van der Waals surface area (Å²) < 4.78 is 0. The van der Waals surface area contributed by atoms with E-state index in [0.29, 0.717) is 41.5 Å². The van der Waals surface area contributed by atoms with E-state index in [2.05, 4.69) is 0 Å². The maximum atomic E-state index is 11.6. The van der Waals surface area contributed by atoms with Crippen LogP contribution in [0.3, 0.4) is 0 Å². The third kappa shape index (κ3) is 0.224. The summed E-state index contributed by atoms with van der Waals surface area (Å²) >= 11 is 0. The Labute approximate surface area is 70.0 Å². The van der Waals surface area contributed by atoms with Crippen LogP contribution in [0.5, 0.6) is 0 Å². The number of ketones is 1. The van der Waals surface area contributed by atoms with Gasteiger partial charge in [-0.15, -0.1) is 0 Å². The number of Topliss-reactive ketones (excluding diaryl/α,β-unsaturated/α-hetero) is 1. The number of aliphatic hydroxyl groups excluding tert-OH is 1. The fraction of sp³-hybridized carbons (Fsp3) is 0.900. The fourth-order valence-corrected chi connectivity index (χ4v) is 5.83. The van der Waals surface area contributed by atoms with Gasteiger partial charge < -0.3 is 5.11 Å². The van der Waals surface area contributed by atoms with Crippen molar-refractivity contribution >= 4 is 5.78 Å². The first-order valence-electron chi connectivity index (χ1n) is 4.98. The normalized spacial score (nSPS) is 83.4. The van der Waals surface area contributed by atoms with E-state index in [1.165, 1.54) is 0 Å². The van der Waals surface area contributed by atoms with Crippen LogP contribution in [-0.2, 0) is 4.79 Å². The second kappa shape index (κ2) is 1.05. The molecule has 2 unspecified atom stereocenters. The van der Waals surface area contributed by atoms with Crippen LogP contribution in [0.1, 0.15) is 0 Å². The summed E-state index contributed by atoms with van der Waals surface area (Å²) in [4.78, 5) is 11.6. The molecule has 6 saturated carbocycles. The molecular formula is C10H10O2. The molecule has 0 aliphatic heterocycles. The van der Waals surface area contributed by atoms with Crippen molar-refractivity contribution in [3.8, 4) is 0 Å². The molecule has 6 aliphatic rings. The maximum absolute atomic E-state index is 11.6. The van der Waals surface area contributed by atoms with Crippen LogP contribution in [0.2, 0.25) is 0 Å². The molecule has 62 valence electrons. The average molecular weight is 162 g/mol. The molecule has 0 aromatic carbocycles. The Morgan fingerprint density at radius 3 is 2.08 bits per heavy atom. The van der Waals surface area contributed by atoms with Gasteiger partial charge in [-0.2, -0.15) is 0 Å². The lowest BCUT2D eigenvalue weighted by molar-refractivity contribution is -0.123. The second-order valence-corrected chi connectivity index (χ2v) is 5.46. The number of carbonyl (C=O) groups excluding carboxylic acids is 1. The molecule has 0 radical (unpaired) electrons. The molecule has 2 heteroatoms. The van der Waals surface area contributed by atoms with Crippen LogP contribution in [0.15, 0.2) is 0 Å². The van der Waals surface area contributed by atoms with E-state index in [9.17, 15) is 9.90 Å². The van der Waals surface area contributed by atoms with Gasteiger partial charge in [-0.05, 0) is 29.6 Å². The zero-order valence-corrected chi connectivity index (χ0v) is 6.60. The van der Waals surface area contributed by atoms with Gasteiger partial charge in [0.15, 0.2) is 0 Å². The first kappa shape index (κ1) is 5.38. The first-order chi connectivity index (χ1) is 5.84. The molecule has 0 saturated heterocycles. The lowest BCUT2D eigenvalue weighted by Gasteiger charge is -2.08. The highest BCUT2D eigenvalue weighted by atomic mass is 16.3. The molecule has 0 heterocycles. The third-order valence-electron chi connectivity index (χ3n) is 5.81. The Hall–Kier alpha value is -0.370. The summed E-state index contributed by atoms with van der Waals surface area (Å²) in [5, 5.41) is 9.37. The summed E-state index contributed by atoms with van der Waals surface area (Å²) in [6.45, 7) is 0.375. The molecule has 0 aromatic rings. The summed E-state index contributed by atoms with van der Waals surface area (Å²) in [6, 6.07) is 0. The molecule has 6 rings (SSSR count). The Morgan fingerprint density at radius 2 is 1.75 bits per heavy atom. The van der Waals surface area contributed by atoms with Crippen LogP contribution in [-0.4, -0.2) is 17.5 Å². The highest BCUT2D eigenvalue weighted by Gasteiger charge is 3.00. The van der Waals surface area contributed by atoms with Gasteiger partial charge in [-0.3, -0.25) is 4.79 Å². The molecule has 12 heavy (non-hydrogen) atoms. The SMILES string of the molecule is O=C1[C@@H]2[C@H]3C4[C@H]3[C@H]1[C@@H]1[C@H]2C41CO. The van der Waals surface area contributed by atoms with E-state index < -0.39 is 0 Å². The van der Waals surface area contributed by atoms with Gasteiger partial charge in [0.2, 0.25) is 0 Å². The van der Waals surface area contributed by atoms with E-state index in [1.54, 1.807) is 0 Å². The molecule has 0 amide bonds. The van der Waals surface area contributed by atoms with E-state index in [0.717, 1.165) is 17.8 Å². The number of carbonyl (C=O) groups is 1. The Balaban J connectivity index is 1.85. The predicted molar refractivity (Wildman–Crippen MR) is 39.0 cm³/mol. The van der Waals surface area contributed by atoms with Crippen molar-refractivity contribution in [2.75, 3.05) is 6.61 Å². The van der Waals surface area contributed by atoms with Crippen molar-refractivity contribution in [2.24, 2.45) is 46.8 Å². The van der Waals surface area contributed by atoms with Crippen LogP contribution in [0, 0.1) is 46.8 Å². The van der Waals surface area contributed by atoms with Gasteiger partial charge in [0, 0.05) is 23.9 Å². The highest BCUT2D eigenvalue weighted by molar-refractivity contribution is 5.96. The van der Waals surface area contributed by atoms with Crippen molar-refractivity contribution in [1.82, 2.24) is 0 Å². The Morgan fingerprint density at radius 1 is 1.17 bits per heavy atom. The standard InChI is InChI=1S/C10H10O2/c11-1-10-6-2-3(6)5-8(10)7(10)4(2)9(5)12/h2-8,11H,1H2/t2-,3+,4+,5-,6?,7-,8+,10?. The van der Waals surface area contributed by atoms with Crippen LogP contribution in [0.25, 0.3) is 0 Å². The summed E-state index contributed by atoms with van der Waals surface area (Å²) in [6.07, 6.45) is 0. The van der Waals surface area contributed by atoms with Crippen molar-refractivity contribution < 1.29 is 9.90 Å². The van der Waals surface area contributed by atoms with Gasteiger partial charge in [-0.1, -0.05) is 0 Å². The van der Waals surface area contributed by atoms with Crippen LogP contribution in [0.4, 0.5) is 0 Å². The lowest BCUT2D eigenvalue weighted by atomic mass is 9.99. The largest absolute Gasteiger partial charge is 0.396 e. The average Bonchev–Trinajstić information content (AvgIpc) is 2.86. The minimum absolute atomic E-state index is 0.304. The van der Waals surface area contributed by atoms with E-state index in [-0.39, 0.29) is 0 Å². The van der Waals surface area contributed by atoms with Gasteiger partial charge in [0.1, 0.15) is 5.78 Å². The quantitative estimate of drug-likeness (QED) is 0.585. The number of rotatable bonds is 1. The van der Waals surface area contributed by atoms with Crippen molar-refractivity contribution in [2.45, 2.75) is 0 Å². The monoisotopic (exact) mass is 162 g/mol. The molecular weight excluding hydrogens is 152 g/mol. The number of hydrogen-bond donors (Lipinski definition) is 1. The topological polar surface area (TPSA) is 37.3 Å². The van der Waals surface area contributed by atoms with Gasteiger partial charge >= 0.3 is 0 Å². The van der Waals surface area contributed by atoms with Gasteiger partial charge in [0.25, 0.3) is 0 Å². The fourth-order valence-electron chi connectivity index (χ4n) is 5.83. The Bertz CT molecular complexity index is 322. The van der Waals surface area contributed by atoms with E-state index >= 15 is 0 Å². The Kier molecular flexibility index (Phi) is 0.471. The molecule has 8 atom stereocenters. The van der Waals surface area contributed by atoms with Crippen LogP contribution >= 0.6 is 0 Å². The minimum atomic E-state index is 0.304. The molecule has 0 spiro atoms. The molecule has 6 fully saturated rings.